The van der Waals surface area contributed by atoms with Crippen molar-refractivity contribution in [3.05, 3.63) is 187 Å². The van der Waals surface area contributed by atoms with Gasteiger partial charge in [-0.3, -0.25) is 0 Å². The molecule has 2 nitrogen and oxygen atoms in total. The Kier molecular flexibility index (Phi) is 6.46. The molecular weight excluding hydrogens is 641 g/mol. The van der Waals surface area contributed by atoms with Gasteiger partial charge >= 0.3 is 0 Å². The van der Waals surface area contributed by atoms with E-state index in [0.717, 1.165) is 12.8 Å². The molecule has 2 heterocycles. The van der Waals surface area contributed by atoms with Gasteiger partial charge in [0.05, 0.1) is 22.1 Å². The van der Waals surface area contributed by atoms with Crippen molar-refractivity contribution in [2.24, 2.45) is 0 Å². The molecule has 0 aliphatic heterocycles. The average molecular weight is 679 g/mol. The predicted octanol–water partition coefficient (Wildman–Crippen LogP) is 13.6. The lowest BCUT2D eigenvalue weighted by Gasteiger charge is -2.25. The van der Waals surface area contributed by atoms with Crippen LogP contribution in [0.25, 0.3) is 82.8 Å². The fraction of sp³-hybridized carbons (Fsp3) is 0.0980. The van der Waals surface area contributed by atoms with Crippen LogP contribution >= 0.6 is 0 Å². The van der Waals surface area contributed by atoms with E-state index in [0.29, 0.717) is 0 Å². The van der Waals surface area contributed by atoms with E-state index in [-0.39, 0.29) is 5.41 Å². The maximum absolute atomic E-state index is 2.51. The number of hydrogen-bond acceptors (Lipinski definition) is 0. The zero-order valence-electron chi connectivity index (χ0n) is 30.0. The Labute approximate surface area is 309 Å². The molecule has 0 N–H and O–H groups in total. The number of allylic oxidation sites excluding steroid dienone is 4. The van der Waals surface area contributed by atoms with Crippen LogP contribution < -0.4 is 0 Å². The van der Waals surface area contributed by atoms with E-state index in [4.69, 9.17) is 0 Å². The third kappa shape index (κ3) is 4.45. The Morgan fingerprint density at radius 2 is 1.00 bits per heavy atom. The summed E-state index contributed by atoms with van der Waals surface area (Å²) in [7, 11) is 0. The lowest BCUT2D eigenvalue weighted by atomic mass is 9.78. The summed E-state index contributed by atoms with van der Waals surface area (Å²) in [5.74, 6) is 0. The molecule has 0 fully saturated rings. The van der Waals surface area contributed by atoms with Gasteiger partial charge in [-0.05, 0) is 119 Å². The van der Waals surface area contributed by atoms with Crippen LogP contribution in [0, 0.1) is 0 Å². The Hall–Kier alpha value is -6.38. The van der Waals surface area contributed by atoms with E-state index in [1.165, 1.54) is 93.9 Å². The van der Waals surface area contributed by atoms with Gasteiger partial charge < -0.3 is 9.13 Å². The van der Waals surface area contributed by atoms with Gasteiger partial charge in [-0.2, -0.15) is 0 Å². The first-order valence-corrected chi connectivity index (χ1v) is 18.8. The van der Waals surface area contributed by atoms with Crippen molar-refractivity contribution in [1.82, 2.24) is 9.13 Å². The molecule has 0 saturated carbocycles. The number of benzene rings is 7. The Balaban J connectivity index is 1.13. The molecule has 0 atom stereocenters. The first kappa shape index (κ1) is 30.3. The topological polar surface area (TPSA) is 9.86 Å². The molecular formula is C51H38N2. The van der Waals surface area contributed by atoms with E-state index in [1.807, 2.05) is 0 Å². The highest BCUT2D eigenvalue weighted by molar-refractivity contribution is 6.14. The average Bonchev–Trinajstić information content (AvgIpc) is 3.80. The molecule has 0 saturated heterocycles. The van der Waals surface area contributed by atoms with Gasteiger partial charge in [0, 0.05) is 38.3 Å². The SMILES string of the molecule is CC1(C)C2=C(C=CCC2)c2cc3c4cc(-c5ccc6c(c5)c5ccccc5n6-c5ccccc5)ccc4n(-c4ccc(-c5ccccc5)cc4)c3cc21. The van der Waals surface area contributed by atoms with Crippen molar-refractivity contribution in [3.8, 4) is 33.6 Å². The highest BCUT2D eigenvalue weighted by atomic mass is 15.0. The molecule has 9 aromatic rings. The van der Waals surface area contributed by atoms with Crippen LogP contribution in [0.1, 0.15) is 37.8 Å². The standard InChI is InChI=1S/C51H38N2/c1-51(2)45-19-11-9-17-39(45)41-31-44-43-30-36(35-23-27-48-42(29-35)40-18-10-12-20-47(40)52(48)37-15-7-4-8-16-37)24-28-49(43)53(50(44)32-46(41)51)38-25-21-34(22-26-38)33-13-5-3-6-14-33/h3-10,12-18,20-32H,11,19H2,1-2H3. The molecule has 0 unspecified atom stereocenters. The third-order valence-electron chi connectivity index (χ3n) is 12.0. The van der Waals surface area contributed by atoms with Gasteiger partial charge in [-0.1, -0.05) is 123 Å². The zero-order valence-corrected chi connectivity index (χ0v) is 30.0. The minimum atomic E-state index is 0.00156. The Morgan fingerprint density at radius 1 is 0.453 bits per heavy atom. The van der Waals surface area contributed by atoms with Crippen molar-refractivity contribution >= 4 is 49.2 Å². The third-order valence-corrected chi connectivity index (χ3v) is 12.0. The first-order valence-electron chi connectivity index (χ1n) is 18.8. The fourth-order valence-electron chi connectivity index (χ4n) is 9.43. The maximum Gasteiger partial charge on any atom is 0.0544 e. The molecule has 2 aliphatic carbocycles. The zero-order chi connectivity index (χ0) is 35.3. The number of hydrogen-bond donors (Lipinski definition) is 0. The van der Waals surface area contributed by atoms with Gasteiger partial charge in [0.25, 0.3) is 0 Å². The minimum Gasteiger partial charge on any atom is -0.309 e. The summed E-state index contributed by atoms with van der Waals surface area (Å²) in [5.41, 5.74) is 18.1. The molecule has 0 spiro atoms. The summed E-state index contributed by atoms with van der Waals surface area (Å²) in [5, 5.41) is 5.13. The lowest BCUT2D eigenvalue weighted by molar-refractivity contribution is 0.608. The van der Waals surface area contributed by atoms with Gasteiger partial charge in [0.15, 0.2) is 0 Å². The van der Waals surface area contributed by atoms with Crippen LogP contribution in [0.2, 0.25) is 0 Å². The number of rotatable bonds is 4. The molecule has 2 aliphatic rings. The van der Waals surface area contributed by atoms with E-state index in [2.05, 4.69) is 193 Å². The molecule has 0 amide bonds. The summed E-state index contributed by atoms with van der Waals surface area (Å²) in [6.45, 7) is 4.84. The van der Waals surface area contributed by atoms with Gasteiger partial charge in [-0.25, -0.2) is 0 Å². The largest absolute Gasteiger partial charge is 0.309 e. The molecule has 2 aromatic heterocycles. The van der Waals surface area contributed by atoms with E-state index >= 15 is 0 Å². The van der Waals surface area contributed by atoms with Crippen molar-refractivity contribution in [1.29, 1.82) is 0 Å². The van der Waals surface area contributed by atoms with Crippen LogP contribution in [-0.2, 0) is 5.41 Å². The maximum atomic E-state index is 2.51. The van der Waals surface area contributed by atoms with Gasteiger partial charge in [0.1, 0.15) is 0 Å². The van der Waals surface area contributed by atoms with Crippen LogP contribution in [0.3, 0.4) is 0 Å². The summed E-state index contributed by atoms with van der Waals surface area (Å²) < 4.78 is 4.88. The lowest BCUT2D eigenvalue weighted by Crippen LogP contribution is -2.17. The van der Waals surface area contributed by atoms with Crippen LogP contribution in [0.15, 0.2) is 175 Å². The van der Waals surface area contributed by atoms with Gasteiger partial charge in [0.2, 0.25) is 0 Å². The number of aromatic nitrogens is 2. The van der Waals surface area contributed by atoms with Gasteiger partial charge in [-0.15, -0.1) is 0 Å². The minimum absolute atomic E-state index is 0.00156. The highest BCUT2D eigenvalue weighted by Gasteiger charge is 2.38. The van der Waals surface area contributed by atoms with Crippen molar-refractivity contribution in [2.45, 2.75) is 32.1 Å². The molecule has 53 heavy (non-hydrogen) atoms. The second kappa shape index (κ2) is 11.3. The van der Waals surface area contributed by atoms with Crippen LogP contribution in [-0.4, -0.2) is 9.13 Å². The summed E-state index contributed by atoms with van der Waals surface area (Å²) in [4.78, 5) is 0. The molecule has 11 rings (SSSR count). The molecule has 2 heteroatoms. The smallest absolute Gasteiger partial charge is 0.0544 e. The Bertz CT molecular complexity index is 2990. The van der Waals surface area contributed by atoms with E-state index < -0.39 is 0 Å². The first-order chi connectivity index (χ1) is 26.0. The second-order valence-corrected chi connectivity index (χ2v) is 15.3. The quantitative estimate of drug-likeness (QED) is 0.175. The molecule has 0 radical (unpaired) electrons. The highest BCUT2D eigenvalue weighted by Crippen LogP contribution is 2.52. The van der Waals surface area contributed by atoms with Crippen LogP contribution in [0.5, 0.6) is 0 Å². The van der Waals surface area contributed by atoms with Crippen molar-refractivity contribution in [2.75, 3.05) is 0 Å². The molecule has 7 aromatic carbocycles. The van der Waals surface area contributed by atoms with Crippen molar-refractivity contribution < 1.29 is 0 Å². The predicted molar refractivity (Wildman–Crippen MR) is 224 cm³/mol. The number of nitrogens with zero attached hydrogens (tertiary/aromatic N) is 2. The Morgan fingerprint density at radius 3 is 1.74 bits per heavy atom. The normalized spacial score (nSPS) is 14.8. The monoisotopic (exact) mass is 678 g/mol. The molecule has 0 bridgehead atoms. The summed E-state index contributed by atoms with van der Waals surface area (Å²) in [6.07, 6.45) is 6.99. The van der Waals surface area contributed by atoms with Crippen molar-refractivity contribution in [3.63, 3.8) is 0 Å². The second-order valence-electron chi connectivity index (χ2n) is 15.3. The van der Waals surface area contributed by atoms with E-state index in [9.17, 15) is 0 Å². The summed E-state index contributed by atoms with van der Waals surface area (Å²) >= 11 is 0. The fourth-order valence-corrected chi connectivity index (χ4v) is 9.43. The number of fused-ring (bicyclic) bond motifs is 8. The van der Waals surface area contributed by atoms with Crippen LogP contribution in [0.4, 0.5) is 0 Å². The molecule has 252 valence electrons. The summed E-state index contributed by atoms with van der Waals surface area (Å²) in [6, 6.07) is 58.3. The number of para-hydroxylation sites is 2. The van der Waals surface area contributed by atoms with E-state index in [1.54, 1.807) is 5.57 Å².